The minimum absolute atomic E-state index is 0.0787. The second-order valence-corrected chi connectivity index (χ2v) is 8.19. The van der Waals surface area contributed by atoms with Gasteiger partial charge in [0.05, 0.1) is 11.0 Å². The largest absolute Gasteiger partial charge is 0.491 e. The first-order chi connectivity index (χ1) is 10.5. The molecule has 0 spiro atoms. The monoisotopic (exact) mass is 324 g/mol. The first kappa shape index (κ1) is 15.8. The Bertz CT molecular complexity index is 599. The number of sulfonamides is 1. The van der Waals surface area contributed by atoms with E-state index in [0.29, 0.717) is 10.6 Å². The Morgan fingerprint density at radius 2 is 1.82 bits per heavy atom. The molecule has 0 radical (unpaired) electrons. The molecule has 1 aromatic rings. The predicted molar refractivity (Wildman–Crippen MR) is 85.5 cm³/mol. The van der Waals surface area contributed by atoms with E-state index in [4.69, 9.17) is 4.74 Å². The van der Waals surface area contributed by atoms with E-state index >= 15 is 0 Å². The summed E-state index contributed by atoms with van der Waals surface area (Å²) in [5.41, 5.74) is 0. The maximum Gasteiger partial charge on any atom is 0.243 e. The second-order valence-electron chi connectivity index (χ2n) is 6.35. The fourth-order valence-electron chi connectivity index (χ4n) is 3.41. The van der Waals surface area contributed by atoms with Crippen LogP contribution in [0.3, 0.4) is 0 Å². The van der Waals surface area contributed by atoms with Gasteiger partial charge in [0.15, 0.2) is 0 Å². The Labute approximate surface area is 132 Å². The average molecular weight is 324 g/mol. The highest BCUT2D eigenvalue weighted by molar-refractivity contribution is 7.89. The van der Waals surface area contributed by atoms with Gasteiger partial charge in [-0.25, -0.2) is 8.42 Å². The van der Waals surface area contributed by atoms with Gasteiger partial charge in [-0.15, -0.1) is 0 Å². The van der Waals surface area contributed by atoms with Gasteiger partial charge in [-0.3, -0.25) is 0 Å². The number of fused-ring (bicyclic) bond motifs is 2. The quantitative estimate of drug-likeness (QED) is 0.920. The van der Waals surface area contributed by atoms with E-state index in [0.717, 1.165) is 32.4 Å². The van der Waals surface area contributed by atoms with Crippen molar-refractivity contribution < 1.29 is 13.2 Å². The molecule has 5 nitrogen and oxygen atoms in total. The van der Waals surface area contributed by atoms with Gasteiger partial charge in [0.1, 0.15) is 5.75 Å². The number of nitrogens with one attached hydrogen (secondary N) is 1. The summed E-state index contributed by atoms with van der Waals surface area (Å²) in [6, 6.07) is 7.02. The van der Waals surface area contributed by atoms with Gasteiger partial charge in [0.2, 0.25) is 10.0 Å². The molecule has 2 unspecified atom stereocenters. The third-order valence-electron chi connectivity index (χ3n) is 4.36. The number of hydrogen-bond acceptors (Lipinski definition) is 4. The zero-order valence-electron chi connectivity index (χ0n) is 13.2. The van der Waals surface area contributed by atoms with Gasteiger partial charge >= 0.3 is 0 Å². The highest BCUT2D eigenvalue weighted by Gasteiger charge is 2.42. The van der Waals surface area contributed by atoms with Crippen LogP contribution in [-0.4, -0.2) is 44.0 Å². The van der Waals surface area contributed by atoms with Gasteiger partial charge in [-0.05, 0) is 63.9 Å². The van der Waals surface area contributed by atoms with Crippen molar-refractivity contribution in [2.45, 2.75) is 56.2 Å². The molecule has 2 saturated heterocycles. The van der Waals surface area contributed by atoms with Gasteiger partial charge < -0.3 is 10.1 Å². The van der Waals surface area contributed by atoms with Gasteiger partial charge in [-0.1, -0.05) is 0 Å². The first-order valence-corrected chi connectivity index (χ1v) is 9.43. The zero-order valence-corrected chi connectivity index (χ0v) is 14.0. The summed E-state index contributed by atoms with van der Waals surface area (Å²) in [5.74, 6) is 0.703. The van der Waals surface area contributed by atoms with Crippen LogP contribution in [0.4, 0.5) is 0 Å². The molecule has 1 N–H and O–H groups in total. The van der Waals surface area contributed by atoms with Crippen LogP contribution in [0.2, 0.25) is 0 Å². The van der Waals surface area contributed by atoms with Crippen molar-refractivity contribution in [3.05, 3.63) is 24.3 Å². The molecule has 22 heavy (non-hydrogen) atoms. The van der Waals surface area contributed by atoms with Crippen molar-refractivity contribution >= 4 is 10.0 Å². The number of ether oxygens (including phenoxy) is 1. The van der Waals surface area contributed by atoms with E-state index in [1.807, 2.05) is 13.8 Å². The van der Waals surface area contributed by atoms with Crippen LogP contribution < -0.4 is 10.1 Å². The van der Waals surface area contributed by atoms with Crippen molar-refractivity contribution in [1.82, 2.24) is 9.62 Å². The molecule has 2 aliphatic rings. The molecule has 0 saturated carbocycles. The molecule has 2 fully saturated rings. The van der Waals surface area contributed by atoms with Gasteiger partial charge in [0, 0.05) is 18.6 Å². The molecule has 2 bridgehead atoms. The minimum atomic E-state index is -3.43. The lowest BCUT2D eigenvalue weighted by molar-refractivity contribution is 0.242. The lowest BCUT2D eigenvalue weighted by Gasteiger charge is -2.27. The molecule has 3 rings (SSSR count). The molecule has 0 amide bonds. The molecule has 2 atom stereocenters. The SMILES string of the molecule is CC(C)Oc1ccc(S(=O)(=O)N2C3CCNCC2CC3)cc1. The summed E-state index contributed by atoms with van der Waals surface area (Å²) >= 11 is 0. The van der Waals surface area contributed by atoms with E-state index in [1.54, 1.807) is 28.6 Å². The van der Waals surface area contributed by atoms with Crippen molar-refractivity contribution in [2.24, 2.45) is 0 Å². The van der Waals surface area contributed by atoms with Crippen LogP contribution in [0.25, 0.3) is 0 Å². The highest BCUT2D eigenvalue weighted by atomic mass is 32.2. The maximum atomic E-state index is 13.0. The third-order valence-corrected chi connectivity index (χ3v) is 6.38. The lowest BCUT2D eigenvalue weighted by Crippen LogP contribution is -2.42. The van der Waals surface area contributed by atoms with Crippen LogP contribution in [-0.2, 0) is 10.0 Å². The number of hydrogen-bond donors (Lipinski definition) is 1. The van der Waals surface area contributed by atoms with E-state index in [9.17, 15) is 8.42 Å². The topological polar surface area (TPSA) is 58.6 Å². The van der Waals surface area contributed by atoms with E-state index < -0.39 is 10.0 Å². The summed E-state index contributed by atoms with van der Waals surface area (Å²) in [6.45, 7) is 5.55. The molecular weight excluding hydrogens is 300 g/mol. The Morgan fingerprint density at radius 3 is 2.50 bits per heavy atom. The summed E-state index contributed by atoms with van der Waals surface area (Å²) in [7, 11) is -3.43. The Kier molecular flexibility index (Phi) is 4.43. The highest BCUT2D eigenvalue weighted by Crippen LogP contribution is 2.34. The molecule has 2 aliphatic heterocycles. The standard InChI is InChI=1S/C16H24N2O3S/c1-12(2)21-15-5-7-16(8-6-15)22(19,20)18-13-3-4-14(18)11-17-10-9-13/h5-8,12-14,17H,3-4,9-11H2,1-2H3. The fraction of sp³-hybridized carbons (Fsp3) is 0.625. The predicted octanol–water partition coefficient (Wildman–Crippen LogP) is 1.99. The molecular formula is C16H24N2O3S. The first-order valence-electron chi connectivity index (χ1n) is 7.99. The van der Waals surface area contributed by atoms with Gasteiger partial charge in [0.25, 0.3) is 0 Å². The average Bonchev–Trinajstić information content (AvgIpc) is 2.72. The number of benzene rings is 1. The zero-order chi connectivity index (χ0) is 15.7. The van der Waals surface area contributed by atoms with Crippen LogP contribution in [0.15, 0.2) is 29.2 Å². The molecule has 6 heteroatoms. The fourth-order valence-corrected chi connectivity index (χ4v) is 5.31. The van der Waals surface area contributed by atoms with Crippen LogP contribution in [0.1, 0.15) is 33.1 Å². The minimum Gasteiger partial charge on any atom is -0.491 e. The Balaban J connectivity index is 1.86. The molecule has 2 heterocycles. The smallest absolute Gasteiger partial charge is 0.243 e. The lowest BCUT2D eigenvalue weighted by atomic mass is 10.1. The summed E-state index contributed by atoms with van der Waals surface area (Å²) in [6.07, 6.45) is 2.89. The van der Waals surface area contributed by atoms with Crippen molar-refractivity contribution in [2.75, 3.05) is 13.1 Å². The Hall–Kier alpha value is -1.11. The van der Waals surface area contributed by atoms with E-state index in [-0.39, 0.29) is 18.2 Å². The Morgan fingerprint density at radius 1 is 1.14 bits per heavy atom. The van der Waals surface area contributed by atoms with Crippen LogP contribution in [0, 0.1) is 0 Å². The summed E-state index contributed by atoms with van der Waals surface area (Å²) in [4.78, 5) is 0.363. The number of nitrogens with zero attached hydrogens (tertiary/aromatic N) is 1. The van der Waals surface area contributed by atoms with Crippen molar-refractivity contribution in [3.8, 4) is 5.75 Å². The van der Waals surface area contributed by atoms with E-state index in [2.05, 4.69) is 5.32 Å². The second kappa shape index (κ2) is 6.18. The third kappa shape index (κ3) is 3.00. The van der Waals surface area contributed by atoms with Crippen molar-refractivity contribution in [1.29, 1.82) is 0 Å². The van der Waals surface area contributed by atoms with Gasteiger partial charge in [-0.2, -0.15) is 4.31 Å². The van der Waals surface area contributed by atoms with E-state index in [1.165, 1.54) is 0 Å². The molecule has 1 aromatic carbocycles. The summed E-state index contributed by atoms with van der Waals surface area (Å²) in [5, 5.41) is 3.34. The van der Waals surface area contributed by atoms with Crippen molar-refractivity contribution in [3.63, 3.8) is 0 Å². The van der Waals surface area contributed by atoms with Crippen LogP contribution >= 0.6 is 0 Å². The number of rotatable bonds is 4. The molecule has 0 aromatic heterocycles. The summed E-state index contributed by atoms with van der Waals surface area (Å²) < 4.78 is 33.3. The normalized spacial score (nSPS) is 26.1. The maximum absolute atomic E-state index is 13.0. The molecule has 122 valence electrons. The van der Waals surface area contributed by atoms with Crippen LogP contribution in [0.5, 0.6) is 5.75 Å². The molecule has 0 aliphatic carbocycles.